The van der Waals surface area contributed by atoms with E-state index in [9.17, 15) is 14.9 Å². The Morgan fingerprint density at radius 1 is 1.53 bits per heavy atom. The van der Waals surface area contributed by atoms with Gasteiger partial charge in [-0.3, -0.25) is 10.1 Å². The maximum absolute atomic E-state index is 10.5. The third kappa shape index (κ3) is 2.91. The Balaban J connectivity index is 3.06. The summed E-state index contributed by atoms with van der Waals surface area (Å²) in [5.41, 5.74) is 0.585. The lowest BCUT2D eigenvalue weighted by atomic mass is 10.1. The minimum atomic E-state index is -1.04. The molecule has 0 aliphatic rings. The molecule has 0 saturated carbocycles. The maximum Gasteiger partial charge on any atom is 0.331 e. The third-order valence-electron chi connectivity index (χ3n) is 1.80. The summed E-state index contributed by atoms with van der Waals surface area (Å²) in [6.07, 6.45) is 1.38. The van der Waals surface area contributed by atoms with Crippen molar-refractivity contribution in [2.45, 2.75) is 6.92 Å². The highest BCUT2D eigenvalue weighted by molar-refractivity contribution is 5.91. The Morgan fingerprint density at radius 2 is 2.20 bits per heavy atom. The summed E-state index contributed by atoms with van der Waals surface area (Å²) >= 11 is 0. The summed E-state index contributed by atoms with van der Waals surface area (Å²) < 4.78 is 0. The highest BCUT2D eigenvalue weighted by Crippen LogP contribution is 2.15. The van der Waals surface area contributed by atoms with Crippen LogP contribution < -0.4 is 0 Å². The number of aliphatic carboxylic acids is 1. The quantitative estimate of drug-likeness (QED) is 0.467. The first-order chi connectivity index (χ1) is 7.00. The molecule has 1 aromatic rings. The second kappa shape index (κ2) is 4.36. The summed E-state index contributed by atoms with van der Waals surface area (Å²) in [6.45, 7) is 1.43. The van der Waals surface area contributed by atoms with Gasteiger partial charge >= 0.3 is 5.97 Å². The van der Waals surface area contributed by atoms with Crippen LogP contribution in [0.4, 0.5) is 5.69 Å². The fourth-order valence-electron chi connectivity index (χ4n) is 1.04. The smallest absolute Gasteiger partial charge is 0.331 e. The lowest BCUT2D eigenvalue weighted by Crippen LogP contribution is -1.95. The van der Waals surface area contributed by atoms with E-state index in [1.807, 2.05) is 0 Å². The minimum absolute atomic E-state index is 0.0538. The molecule has 15 heavy (non-hydrogen) atoms. The summed E-state index contributed by atoms with van der Waals surface area (Å²) in [4.78, 5) is 20.4. The topological polar surface area (TPSA) is 80.4 Å². The molecule has 0 radical (unpaired) electrons. The van der Waals surface area contributed by atoms with Crippen LogP contribution in [0.1, 0.15) is 12.5 Å². The van der Waals surface area contributed by atoms with Crippen molar-refractivity contribution in [3.8, 4) is 0 Å². The van der Waals surface area contributed by atoms with Gasteiger partial charge in [0.2, 0.25) is 0 Å². The van der Waals surface area contributed by atoms with Crippen LogP contribution in [0.15, 0.2) is 29.8 Å². The normalized spacial score (nSPS) is 11.1. The second-order valence-electron chi connectivity index (χ2n) is 2.98. The SMILES string of the molecule is C/C(=C/c1cccc([N+](=O)[O-])c1)C(=O)O. The molecule has 0 atom stereocenters. The molecule has 1 rings (SSSR count). The van der Waals surface area contributed by atoms with E-state index in [1.165, 1.54) is 31.2 Å². The van der Waals surface area contributed by atoms with E-state index < -0.39 is 10.9 Å². The summed E-state index contributed by atoms with van der Waals surface area (Å²) in [5.74, 6) is -1.04. The highest BCUT2D eigenvalue weighted by atomic mass is 16.6. The number of carbonyl (C=O) groups is 1. The Labute approximate surface area is 85.8 Å². The average molecular weight is 207 g/mol. The van der Waals surface area contributed by atoms with Crippen LogP contribution in [0.3, 0.4) is 0 Å². The third-order valence-corrected chi connectivity index (χ3v) is 1.80. The van der Waals surface area contributed by atoms with Crippen molar-refractivity contribution in [1.29, 1.82) is 0 Å². The molecule has 0 spiro atoms. The number of non-ortho nitro benzene ring substituents is 1. The predicted molar refractivity (Wildman–Crippen MR) is 54.4 cm³/mol. The molecule has 0 aliphatic heterocycles. The Morgan fingerprint density at radius 3 is 2.73 bits per heavy atom. The summed E-state index contributed by atoms with van der Waals surface area (Å²) in [5, 5.41) is 19.1. The van der Waals surface area contributed by atoms with Gasteiger partial charge in [-0.25, -0.2) is 4.79 Å². The largest absolute Gasteiger partial charge is 0.478 e. The Bertz CT molecular complexity index is 437. The van der Waals surface area contributed by atoms with Crippen LogP contribution in [0.5, 0.6) is 0 Å². The average Bonchev–Trinajstić information content (AvgIpc) is 2.18. The number of nitrogens with zero attached hydrogens (tertiary/aromatic N) is 1. The monoisotopic (exact) mass is 207 g/mol. The Hall–Kier alpha value is -2.17. The van der Waals surface area contributed by atoms with Crippen LogP contribution in [0, 0.1) is 10.1 Å². The van der Waals surface area contributed by atoms with Crippen molar-refractivity contribution in [1.82, 2.24) is 0 Å². The number of rotatable bonds is 3. The number of benzene rings is 1. The molecule has 1 aromatic carbocycles. The van der Waals surface area contributed by atoms with Crippen LogP contribution in [0.2, 0.25) is 0 Å². The predicted octanol–water partition coefficient (Wildman–Crippen LogP) is 2.08. The molecule has 0 bridgehead atoms. The molecule has 0 aliphatic carbocycles. The molecule has 78 valence electrons. The number of carboxylic acid groups (broad SMARTS) is 1. The van der Waals surface area contributed by atoms with E-state index in [0.29, 0.717) is 5.56 Å². The molecule has 0 unspecified atom stereocenters. The first-order valence-electron chi connectivity index (χ1n) is 4.17. The van der Waals surface area contributed by atoms with Crippen LogP contribution >= 0.6 is 0 Å². The lowest BCUT2D eigenvalue weighted by Gasteiger charge is -1.96. The molecule has 1 N–H and O–H groups in total. The second-order valence-corrected chi connectivity index (χ2v) is 2.98. The van der Waals surface area contributed by atoms with E-state index >= 15 is 0 Å². The van der Waals surface area contributed by atoms with Crippen LogP contribution in [-0.2, 0) is 4.79 Å². The van der Waals surface area contributed by atoms with E-state index in [1.54, 1.807) is 6.07 Å². The molecule has 0 saturated heterocycles. The first kappa shape index (κ1) is 10.9. The zero-order valence-corrected chi connectivity index (χ0v) is 8.01. The van der Waals surface area contributed by atoms with Crippen molar-refractivity contribution in [3.05, 3.63) is 45.5 Å². The van der Waals surface area contributed by atoms with E-state index in [4.69, 9.17) is 5.11 Å². The molecular formula is C10H9NO4. The van der Waals surface area contributed by atoms with Gasteiger partial charge in [0.15, 0.2) is 0 Å². The van der Waals surface area contributed by atoms with E-state index in [2.05, 4.69) is 0 Å². The van der Waals surface area contributed by atoms with Gasteiger partial charge in [0.25, 0.3) is 5.69 Å². The molecule has 0 fully saturated rings. The van der Waals surface area contributed by atoms with Crippen molar-refractivity contribution in [2.75, 3.05) is 0 Å². The minimum Gasteiger partial charge on any atom is -0.478 e. The fraction of sp³-hybridized carbons (Fsp3) is 0.100. The van der Waals surface area contributed by atoms with Gasteiger partial charge in [-0.05, 0) is 18.6 Å². The number of carboxylic acids is 1. The van der Waals surface area contributed by atoms with E-state index in [0.717, 1.165) is 0 Å². The standard InChI is InChI=1S/C10H9NO4/c1-7(10(12)13)5-8-3-2-4-9(6-8)11(14)15/h2-6H,1H3,(H,12,13)/b7-5-. The van der Waals surface area contributed by atoms with Crippen molar-refractivity contribution >= 4 is 17.7 Å². The number of nitro benzene ring substituents is 1. The first-order valence-corrected chi connectivity index (χ1v) is 4.17. The van der Waals surface area contributed by atoms with Gasteiger partial charge in [0.1, 0.15) is 0 Å². The van der Waals surface area contributed by atoms with Gasteiger partial charge in [-0.1, -0.05) is 12.1 Å². The molecule has 5 heteroatoms. The highest BCUT2D eigenvalue weighted by Gasteiger charge is 2.05. The van der Waals surface area contributed by atoms with Crippen LogP contribution in [-0.4, -0.2) is 16.0 Å². The van der Waals surface area contributed by atoms with Gasteiger partial charge in [-0.2, -0.15) is 0 Å². The number of hydrogen-bond acceptors (Lipinski definition) is 3. The lowest BCUT2D eigenvalue weighted by molar-refractivity contribution is -0.384. The van der Waals surface area contributed by atoms with Gasteiger partial charge < -0.3 is 5.11 Å². The molecule has 5 nitrogen and oxygen atoms in total. The van der Waals surface area contributed by atoms with Crippen molar-refractivity contribution < 1.29 is 14.8 Å². The van der Waals surface area contributed by atoms with E-state index in [-0.39, 0.29) is 11.3 Å². The summed E-state index contributed by atoms with van der Waals surface area (Å²) in [7, 11) is 0. The molecular weight excluding hydrogens is 198 g/mol. The molecule has 0 aromatic heterocycles. The van der Waals surface area contributed by atoms with Crippen molar-refractivity contribution in [3.63, 3.8) is 0 Å². The van der Waals surface area contributed by atoms with Crippen LogP contribution in [0.25, 0.3) is 6.08 Å². The molecule has 0 heterocycles. The fourth-order valence-corrected chi connectivity index (χ4v) is 1.04. The van der Waals surface area contributed by atoms with Gasteiger partial charge in [0.05, 0.1) is 4.92 Å². The van der Waals surface area contributed by atoms with Gasteiger partial charge in [0, 0.05) is 17.7 Å². The van der Waals surface area contributed by atoms with Crippen molar-refractivity contribution in [2.24, 2.45) is 0 Å². The Kier molecular flexibility index (Phi) is 3.17. The zero-order valence-electron chi connectivity index (χ0n) is 8.01. The number of hydrogen-bond donors (Lipinski definition) is 1. The number of nitro groups is 1. The zero-order chi connectivity index (χ0) is 11.4. The molecule has 0 amide bonds. The maximum atomic E-state index is 10.5. The summed E-state index contributed by atoms with van der Waals surface area (Å²) in [6, 6.07) is 5.80. The van der Waals surface area contributed by atoms with Gasteiger partial charge in [-0.15, -0.1) is 0 Å².